The van der Waals surface area contributed by atoms with Crippen LogP contribution >= 0.6 is 0 Å². The Morgan fingerprint density at radius 2 is 1.41 bits per heavy atom. The van der Waals surface area contributed by atoms with Crippen LogP contribution in [0.3, 0.4) is 0 Å². The van der Waals surface area contributed by atoms with Gasteiger partial charge in [0.05, 0.1) is 0 Å². The highest BCUT2D eigenvalue weighted by Crippen LogP contribution is 2.31. The molecule has 3 nitrogen and oxygen atoms in total. The molecular formula is C19H21NO2. The van der Waals surface area contributed by atoms with Gasteiger partial charge in [-0.1, -0.05) is 42.8 Å². The van der Waals surface area contributed by atoms with Crippen LogP contribution in [0, 0.1) is 0 Å². The molecule has 0 spiro atoms. The van der Waals surface area contributed by atoms with Crippen LogP contribution in [0.1, 0.15) is 32.1 Å². The Morgan fingerprint density at radius 1 is 0.818 bits per heavy atom. The van der Waals surface area contributed by atoms with Crippen molar-refractivity contribution in [2.45, 2.75) is 38.3 Å². The zero-order chi connectivity index (χ0) is 15.2. The second-order valence-electron chi connectivity index (χ2n) is 5.58. The minimum Gasteiger partial charge on any atom is -0.441 e. The normalized spacial score (nSPS) is 18.9. The highest BCUT2D eigenvalue weighted by atomic mass is 16.6. The monoisotopic (exact) mass is 295 g/mol. The molecule has 0 radical (unpaired) electrons. The molecule has 0 aromatic heterocycles. The second kappa shape index (κ2) is 7.12. The molecule has 3 rings (SSSR count). The molecule has 0 saturated carbocycles. The topological polar surface area (TPSA) is 29.5 Å². The van der Waals surface area contributed by atoms with Gasteiger partial charge in [0.15, 0.2) is 6.23 Å². The highest BCUT2D eigenvalue weighted by molar-refractivity contribution is 5.71. The third-order valence-electron chi connectivity index (χ3n) is 3.96. The van der Waals surface area contributed by atoms with Crippen LogP contribution in [0.4, 0.5) is 11.4 Å². The van der Waals surface area contributed by atoms with E-state index in [-0.39, 0.29) is 12.2 Å². The van der Waals surface area contributed by atoms with Gasteiger partial charge in [0.1, 0.15) is 0 Å². The van der Waals surface area contributed by atoms with E-state index >= 15 is 0 Å². The molecule has 1 aliphatic rings. The zero-order valence-corrected chi connectivity index (χ0v) is 12.7. The van der Waals surface area contributed by atoms with E-state index in [0.29, 0.717) is 6.42 Å². The third kappa shape index (κ3) is 3.48. The lowest BCUT2D eigenvalue weighted by molar-refractivity contribution is -0.150. The quantitative estimate of drug-likeness (QED) is 0.771. The fourth-order valence-electron chi connectivity index (χ4n) is 2.88. The number of ether oxygens (including phenoxy) is 1. The third-order valence-corrected chi connectivity index (χ3v) is 3.96. The van der Waals surface area contributed by atoms with Gasteiger partial charge in [-0.3, -0.25) is 4.79 Å². The number of rotatable bonds is 3. The number of esters is 1. The Morgan fingerprint density at radius 3 is 2.00 bits per heavy atom. The van der Waals surface area contributed by atoms with Crippen molar-refractivity contribution in [1.82, 2.24) is 0 Å². The molecule has 1 unspecified atom stereocenters. The van der Waals surface area contributed by atoms with Crippen molar-refractivity contribution in [3.05, 3.63) is 60.7 Å². The van der Waals surface area contributed by atoms with E-state index in [1.807, 2.05) is 36.4 Å². The van der Waals surface area contributed by atoms with Crippen molar-refractivity contribution in [3.63, 3.8) is 0 Å². The summed E-state index contributed by atoms with van der Waals surface area (Å²) in [6.07, 6.45) is 4.24. The van der Waals surface area contributed by atoms with Crippen LogP contribution in [0.15, 0.2) is 60.7 Å². The van der Waals surface area contributed by atoms with Gasteiger partial charge in [0.2, 0.25) is 0 Å². The smallest absolute Gasteiger partial charge is 0.307 e. The number of carbonyl (C=O) groups is 1. The van der Waals surface area contributed by atoms with Crippen LogP contribution in [0.25, 0.3) is 0 Å². The second-order valence-corrected chi connectivity index (χ2v) is 5.58. The summed E-state index contributed by atoms with van der Waals surface area (Å²) in [7, 11) is 0. The molecule has 3 heteroatoms. The highest BCUT2D eigenvalue weighted by Gasteiger charge is 2.25. The van der Waals surface area contributed by atoms with Crippen molar-refractivity contribution in [1.29, 1.82) is 0 Å². The summed E-state index contributed by atoms with van der Waals surface area (Å²) in [6.45, 7) is 0. The summed E-state index contributed by atoms with van der Waals surface area (Å²) < 4.78 is 5.75. The van der Waals surface area contributed by atoms with Crippen molar-refractivity contribution in [2.24, 2.45) is 0 Å². The van der Waals surface area contributed by atoms with E-state index in [9.17, 15) is 4.79 Å². The average molecular weight is 295 g/mol. The SMILES string of the molecule is O=C1CCCCCC(N(c2ccccc2)c2ccccc2)O1. The summed E-state index contributed by atoms with van der Waals surface area (Å²) in [6, 6.07) is 20.3. The summed E-state index contributed by atoms with van der Waals surface area (Å²) >= 11 is 0. The number of hydrogen-bond donors (Lipinski definition) is 0. The summed E-state index contributed by atoms with van der Waals surface area (Å²) in [5, 5.41) is 0. The van der Waals surface area contributed by atoms with Crippen molar-refractivity contribution in [3.8, 4) is 0 Å². The first-order valence-electron chi connectivity index (χ1n) is 7.93. The zero-order valence-electron chi connectivity index (χ0n) is 12.7. The molecule has 0 bridgehead atoms. The van der Waals surface area contributed by atoms with Gasteiger partial charge in [0, 0.05) is 24.2 Å². The lowest BCUT2D eigenvalue weighted by Crippen LogP contribution is -2.36. The Labute approximate surface area is 131 Å². The van der Waals surface area contributed by atoms with Crippen LogP contribution in [-0.4, -0.2) is 12.2 Å². The summed E-state index contributed by atoms with van der Waals surface area (Å²) in [5.74, 6) is -0.0958. The Hall–Kier alpha value is -2.29. The van der Waals surface area contributed by atoms with Crippen LogP contribution in [0.5, 0.6) is 0 Å². The predicted octanol–water partition coefficient (Wildman–Crippen LogP) is 4.66. The molecule has 1 atom stereocenters. The van der Waals surface area contributed by atoms with Gasteiger partial charge in [-0.15, -0.1) is 0 Å². The van der Waals surface area contributed by atoms with E-state index in [4.69, 9.17) is 4.74 Å². The number of hydrogen-bond acceptors (Lipinski definition) is 3. The van der Waals surface area contributed by atoms with E-state index in [1.165, 1.54) is 0 Å². The van der Waals surface area contributed by atoms with Crippen LogP contribution < -0.4 is 4.90 Å². The average Bonchev–Trinajstić information content (AvgIpc) is 2.54. The van der Waals surface area contributed by atoms with Gasteiger partial charge >= 0.3 is 5.97 Å². The summed E-state index contributed by atoms with van der Waals surface area (Å²) in [5.41, 5.74) is 2.10. The van der Waals surface area contributed by atoms with Crippen LogP contribution in [0.2, 0.25) is 0 Å². The number of para-hydroxylation sites is 2. The molecular weight excluding hydrogens is 274 g/mol. The van der Waals surface area contributed by atoms with Gasteiger partial charge in [-0.05, 0) is 37.1 Å². The molecule has 1 aliphatic heterocycles. The first kappa shape index (κ1) is 14.6. The van der Waals surface area contributed by atoms with E-state index in [0.717, 1.165) is 37.1 Å². The van der Waals surface area contributed by atoms with Gasteiger partial charge in [-0.2, -0.15) is 0 Å². The number of nitrogens with zero attached hydrogens (tertiary/aromatic N) is 1. The van der Waals surface area contributed by atoms with Gasteiger partial charge in [0.25, 0.3) is 0 Å². The molecule has 2 aromatic rings. The molecule has 114 valence electrons. The number of benzene rings is 2. The maximum Gasteiger partial charge on any atom is 0.307 e. The fourth-order valence-corrected chi connectivity index (χ4v) is 2.88. The standard InChI is InChI=1S/C19H21NO2/c21-19-15-9-3-8-14-18(22-19)20(16-10-4-1-5-11-16)17-12-6-2-7-13-17/h1-2,4-7,10-13,18H,3,8-9,14-15H2. The van der Waals surface area contributed by atoms with Crippen molar-refractivity contribution < 1.29 is 9.53 Å². The molecule has 22 heavy (non-hydrogen) atoms. The Bertz CT molecular complexity index is 558. The lowest BCUT2D eigenvalue weighted by atomic mass is 10.1. The minimum atomic E-state index is -0.238. The van der Waals surface area contributed by atoms with Gasteiger partial charge < -0.3 is 9.64 Å². The molecule has 1 fully saturated rings. The number of anilines is 2. The van der Waals surface area contributed by atoms with E-state index in [1.54, 1.807) is 0 Å². The molecule has 2 aromatic carbocycles. The van der Waals surface area contributed by atoms with E-state index < -0.39 is 0 Å². The van der Waals surface area contributed by atoms with Crippen molar-refractivity contribution in [2.75, 3.05) is 4.90 Å². The van der Waals surface area contributed by atoms with Gasteiger partial charge in [-0.25, -0.2) is 0 Å². The Balaban J connectivity index is 1.95. The molecule has 0 aliphatic carbocycles. The minimum absolute atomic E-state index is 0.0958. The molecule has 0 amide bonds. The van der Waals surface area contributed by atoms with Crippen LogP contribution in [-0.2, 0) is 9.53 Å². The number of cyclic esters (lactones) is 1. The maximum atomic E-state index is 12.0. The fraction of sp³-hybridized carbons (Fsp3) is 0.316. The maximum absolute atomic E-state index is 12.0. The van der Waals surface area contributed by atoms with Crippen molar-refractivity contribution >= 4 is 17.3 Å². The van der Waals surface area contributed by atoms with E-state index in [2.05, 4.69) is 29.2 Å². The number of carbonyl (C=O) groups excluding carboxylic acids is 1. The largest absolute Gasteiger partial charge is 0.441 e. The molecule has 1 saturated heterocycles. The first-order valence-corrected chi connectivity index (χ1v) is 7.93. The molecule has 1 heterocycles. The lowest BCUT2D eigenvalue weighted by Gasteiger charge is -2.34. The molecule has 0 N–H and O–H groups in total. The first-order chi connectivity index (χ1) is 10.8. The Kier molecular flexibility index (Phi) is 4.74. The summed E-state index contributed by atoms with van der Waals surface area (Å²) in [4.78, 5) is 14.1. The predicted molar refractivity (Wildman–Crippen MR) is 88.0 cm³/mol.